The van der Waals surface area contributed by atoms with E-state index in [1.807, 2.05) is 12.1 Å². The lowest BCUT2D eigenvalue weighted by Crippen LogP contribution is -2.46. The van der Waals surface area contributed by atoms with E-state index in [9.17, 15) is 14.0 Å². The molecular formula is C25H24Cl2FN3O3S. The molecule has 1 aliphatic rings. The van der Waals surface area contributed by atoms with Crippen LogP contribution in [0.25, 0.3) is 0 Å². The molecule has 35 heavy (non-hydrogen) atoms. The lowest BCUT2D eigenvalue weighted by Gasteiger charge is -2.32. The number of nitrogens with one attached hydrogen (secondary N) is 1. The molecule has 2 amide bonds. The van der Waals surface area contributed by atoms with Gasteiger partial charge in [0.05, 0.1) is 7.11 Å². The summed E-state index contributed by atoms with van der Waals surface area (Å²) in [7, 11) is 1.57. The topological polar surface area (TPSA) is 71.5 Å². The molecule has 0 spiro atoms. The van der Waals surface area contributed by atoms with Crippen LogP contribution >= 0.6 is 34.7 Å². The number of aromatic nitrogens is 1. The first-order chi connectivity index (χ1) is 16.9. The minimum absolute atomic E-state index is 0.0284. The van der Waals surface area contributed by atoms with Crippen LogP contribution in [0.1, 0.15) is 53.3 Å². The number of amides is 2. The number of nitrogens with zero attached hydrogens (tertiary/aromatic N) is 2. The molecule has 1 fully saturated rings. The van der Waals surface area contributed by atoms with Gasteiger partial charge in [0, 0.05) is 12.6 Å². The first-order valence-corrected chi connectivity index (χ1v) is 12.7. The van der Waals surface area contributed by atoms with Gasteiger partial charge >= 0.3 is 0 Å². The number of methoxy groups -OCH3 is 1. The van der Waals surface area contributed by atoms with Gasteiger partial charge in [-0.25, -0.2) is 4.39 Å². The summed E-state index contributed by atoms with van der Waals surface area (Å²) in [4.78, 5) is 28.8. The summed E-state index contributed by atoms with van der Waals surface area (Å²) in [6.07, 6.45) is 3.82. The highest BCUT2D eigenvalue weighted by atomic mass is 35.5. The summed E-state index contributed by atoms with van der Waals surface area (Å²) in [5, 5.41) is 3.12. The van der Waals surface area contributed by atoms with Crippen molar-refractivity contribution < 1.29 is 18.7 Å². The van der Waals surface area contributed by atoms with Crippen molar-refractivity contribution in [1.82, 2.24) is 14.6 Å². The summed E-state index contributed by atoms with van der Waals surface area (Å²) in [5.41, 5.74) is 1.20. The molecule has 0 aliphatic heterocycles. The maximum absolute atomic E-state index is 13.8. The highest BCUT2D eigenvalue weighted by Gasteiger charge is 2.35. The zero-order valence-corrected chi connectivity index (χ0v) is 21.3. The van der Waals surface area contributed by atoms with E-state index >= 15 is 0 Å². The number of halogens is 3. The van der Waals surface area contributed by atoms with Gasteiger partial charge in [0.1, 0.15) is 27.0 Å². The van der Waals surface area contributed by atoms with E-state index in [1.165, 1.54) is 29.2 Å². The molecule has 0 saturated heterocycles. The first-order valence-electron chi connectivity index (χ1n) is 11.2. The van der Waals surface area contributed by atoms with Crippen molar-refractivity contribution in [2.24, 2.45) is 0 Å². The highest BCUT2D eigenvalue weighted by molar-refractivity contribution is 7.11. The Balaban J connectivity index is 1.76. The quantitative estimate of drug-likeness (QED) is 0.381. The van der Waals surface area contributed by atoms with Gasteiger partial charge in [-0.05, 0) is 59.8 Å². The molecule has 6 nitrogen and oxygen atoms in total. The van der Waals surface area contributed by atoms with Crippen molar-refractivity contribution in [2.45, 2.75) is 44.3 Å². The summed E-state index contributed by atoms with van der Waals surface area (Å²) in [5.74, 6) is -0.672. The van der Waals surface area contributed by atoms with Gasteiger partial charge in [-0.3, -0.25) is 9.59 Å². The third-order valence-corrected chi connectivity index (χ3v) is 7.63. The summed E-state index contributed by atoms with van der Waals surface area (Å²) >= 11 is 13.3. The minimum Gasteiger partial charge on any atom is -0.497 e. The monoisotopic (exact) mass is 535 g/mol. The Kier molecular flexibility index (Phi) is 8.26. The summed E-state index contributed by atoms with van der Waals surface area (Å²) in [6, 6.07) is 11.7. The predicted octanol–water partition coefficient (Wildman–Crippen LogP) is 6.04. The fourth-order valence-corrected chi connectivity index (χ4v) is 5.19. The molecule has 1 saturated carbocycles. The molecule has 1 heterocycles. The zero-order valence-electron chi connectivity index (χ0n) is 19.0. The lowest BCUT2D eigenvalue weighted by atomic mass is 10.0. The molecule has 3 aromatic rings. The molecule has 1 atom stereocenters. The van der Waals surface area contributed by atoms with Gasteiger partial charge in [-0.15, -0.1) is 0 Å². The Morgan fingerprint density at radius 3 is 2.37 bits per heavy atom. The van der Waals surface area contributed by atoms with Crippen LogP contribution in [0.4, 0.5) is 4.39 Å². The van der Waals surface area contributed by atoms with Crippen molar-refractivity contribution in [3.05, 3.63) is 80.5 Å². The number of carbonyl (C=O) groups is 2. The summed E-state index contributed by atoms with van der Waals surface area (Å²) < 4.78 is 23.3. The standard InChI is InChI=1S/C25H24Cl2FN3O3S/c1-34-19-12-6-15(7-13-19)14-31(25(33)21-20(26)23(27)35-30-21)22(16-8-10-17(28)11-9-16)24(32)29-18-4-2-3-5-18/h6-13,18,22H,2-5,14H2,1H3,(H,29,32). The largest absolute Gasteiger partial charge is 0.497 e. The third kappa shape index (κ3) is 5.94. The van der Waals surface area contributed by atoms with Crippen molar-refractivity contribution in [3.63, 3.8) is 0 Å². The van der Waals surface area contributed by atoms with Crippen molar-refractivity contribution in [3.8, 4) is 5.75 Å². The smallest absolute Gasteiger partial charge is 0.276 e. The Morgan fingerprint density at radius 2 is 1.80 bits per heavy atom. The van der Waals surface area contributed by atoms with E-state index in [4.69, 9.17) is 27.9 Å². The highest BCUT2D eigenvalue weighted by Crippen LogP contribution is 2.33. The molecule has 2 aromatic carbocycles. The van der Waals surface area contributed by atoms with Gasteiger partial charge in [0.25, 0.3) is 5.91 Å². The van der Waals surface area contributed by atoms with Gasteiger partial charge in [-0.1, -0.05) is 60.3 Å². The summed E-state index contributed by atoms with van der Waals surface area (Å²) in [6.45, 7) is 0.0778. The van der Waals surface area contributed by atoms with Gasteiger partial charge in [0.15, 0.2) is 5.69 Å². The average molecular weight is 536 g/mol. The van der Waals surface area contributed by atoms with E-state index in [0.29, 0.717) is 11.3 Å². The Hall–Kier alpha value is -2.68. The minimum atomic E-state index is -1.04. The number of benzene rings is 2. The molecule has 0 bridgehead atoms. The second-order valence-corrected chi connectivity index (χ2v) is 10.1. The van der Waals surface area contributed by atoms with Crippen LogP contribution in [0.2, 0.25) is 9.36 Å². The molecule has 184 valence electrons. The second kappa shape index (κ2) is 11.4. The molecule has 1 aromatic heterocycles. The van der Waals surface area contributed by atoms with E-state index in [1.54, 1.807) is 19.2 Å². The molecular weight excluding hydrogens is 512 g/mol. The van der Waals surface area contributed by atoms with E-state index in [0.717, 1.165) is 42.8 Å². The van der Waals surface area contributed by atoms with E-state index in [-0.39, 0.29) is 33.5 Å². The first kappa shape index (κ1) is 25.4. The number of hydrogen-bond acceptors (Lipinski definition) is 5. The fourth-order valence-electron chi connectivity index (χ4n) is 4.20. The lowest BCUT2D eigenvalue weighted by molar-refractivity contribution is -0.126. The van der Waals surface area contributed by atoms with Gasteiger partial charge in [-0.2, -0.15) is 4.37 Å². The van der Waals surface area contributed by atoms with E-state index < -0.39 is 17.8 Å². The maximum Gasteiger partial charge on any atom is 0.276 e. The molecule has 4 rings (SSSR count). The van der Waals surface area contributed by atoms with Crippen molar-refractivity contribution in [1.29, 1.82) is 0 Å². The molecule has 1 unspecified atom stereocenters. The maximum atomic E-state index is 13.8. The average Bonchev–Trinajstić information content (AvgIpc) is 3.49. The fraction of sp³-hybridized carbons (Fsp3) is 0.320. The SMILES string of the molecule is COc1ccc(CN(C(=O)c2nsc(Cl)c2Cl)C(C(=O)NC2CCCC2)c2ccc(F)cc2)cc1. The molecule has 0 radical (unpaired) electrons. The van der Waals surface area contributed by atoms with Crippen LogP contribution in [0.3, 0.4) is 0 Å². The Bertz CT molecular complexity index is 1180. The molecule has 10 heteroatoms. The molecule has 1 N–H and O–H groups in total. The molecule has 1 aliphatic carbocycles. The predicted molar refractivity (Wildman–Crippen MR) is 135 cm³/mol. The van der Waals surface area contributed by atoms with Crippen LogP contribution in [-0.4, -0.2) is 34.2 Å². The van der Waals surface area contributed by atoms with Crippen LogP contribution in [0.15, 0.2) is 48.5 Å². The van der Waals surface area contributed by atoms with Crippen LogP contribution in [0, 0.1) is 5.82 Å². The van der Waals surface area contributed by atoms with Crippen LogP contribution in [-0.2, 0) is 11.3 Å². The van der Waals surface area contributed by atoms with Gasteiger partial charge < -0.3 is 15.0 Å². The second-order valence-electron chi connectivity index (χ2n) is 8.34. The van der Waals surface area contributed by atoms with Gasteiger partial charge in [0.2, 0.25) is 5.91 Å². The van der Waals surface area contributed by atoms with E-state index in [2.05, 4.69) is 9.69 Å². The van der Waals surface area contributed by atoms with Crippen molar-refractivity contribution in [2.75, 3.05) is 7.11 Å². The third-order valence-electron chi connectivity index (χ3n) is 6.02. The number of hydrogen-bond donors (Lipinski definition) is 1. The number of carbonyl (C=O) groups excluding carboxylic acids is 2. The number of rotatable bonds is 8. The van der Waals surface area contributed by atoms with Crippen LogP contribution < -0.4 is 10.1 Å². The zero-order chi connectivity index (χ0) is 24.9. The normalized spacial score (nSPS) is 14.5. The van der Waals surface area contributed by atoms with Crippen molar-refractivity contribution >= 4 is 46.5 Å². The Morgan fingerprint density at radius 1 is 1.14 bits per heavy atom. The Labute approximate surface area is 217 Å². The number of ether oxygens (including phenoxy) is 1. The van der Waals surface area contributed by atoms with Crippen LogP contribution in [0.5, 0.6) is 5.75 Å².